The first kappa shape index (κ1) is 13.6. The van der Waals surface area contributed by atoms with Gasteiger partial charge in [0, 0.05) is 19.1 Å². The molecule has 0 aromatic heterocycles. The molecule has 1 heterocycles. The van der Waals surface area contributed by atoms with Crippen LogP contribution in [0.25, 0.3) is 0 Å². The summed E-state index contributed by atoms with van der Waals surface area (Å²) >= 11 is 0. The number of hydrogen-bond acceptors (Lipinski definition) is 2. The highest BCUT2D eigenvalue weighted by atomic mass is 15.2. The van der Waals surface area contributed by atoms with E-state index in [-0.39, 0.29) is 0 Å². The molecule has 2 unspecified atom stereocenters. The molecule has 2 nitrogen and oxygen atoms in total. The Balaban J connectivity index is 1.77. The van der Waals surface area contributed by atoms with Gasteiger partial charge >= 0.3 is 0 Å². The number of hydrogen-bond donors (Lipinski definition) is 1. The molecule has 0 radical (unpaired) electrons. The van der Waals surface area contributed by atoms with Gasteiger partial charge in [-0.25, -0.2) is 0 Å². The molecular weight excluding hydrogens is 220 g/mol. The van der Waals surface area contributed by atoms with Crippen molar-refractivity contribution in [3.63, 3.8) is 0 Å². The normalized spacial score (nSPS) is 22.9. The van der Waals surface area contributed by atoms with Gasteiger partial charge in [0.15, 0.2) is 0 Å². The summed E-state index contributed by atoms with van der Waals surface area (Å²) in [5.41, 5.74) is 1.44. The Kier molecular flexibility index (Phi) is 5.21. The molecule has 1 N–H and O–H groups in total. The summed E-state index contributed by atoms with van der Waals surface area (Å²) in [4.78, 5) is 2.55. The van der Waals surface area contributed by atoms with Gasteiger partial charge in [-0.2, -0.15) is 0 Å². The molecule has 1 aliphatic heterocycles. The number of piperidine rings is 1. The first-order valence-corrected chi connectivity index (χ1v) is 7.30. The third-order valence-corrected chi connectivity index (χ3v) is 4.03. The average Bonchev–Trinajstić information content (AvgIpc) is 2.46. The van der Waals surface area contributed by atoms with Crippen LogP contribution in [0.4, 0.5) is 0 Å². The molecule has 0 aliphatic carbocycles. The number of benzene rings is 1. The lowest BCUT2D eigenvalue weighted by Crippen LogP contribution is -2.46. The predicted octanol–water partition coefficient (Wildman–Crippen LogP) is 2.86. The molecule has 1 aliphatic rings. The van der Waals surface area contributed by atoms with E-state index in [0.29, 0.717) is 12.0 Å². The summed E-state index contributed by atoms with van der Waals surface area (Å²) in [7, 11) is 0. The van der Waals surface area contributed by atoms with Crippen LogP contribution in [0.15, 0.2) is 30.3 Å². The Hall–Kier alpha value is -0.860. The lowest BCUT2D eigenvalue weighted by molar-refractivity contribution is 0.198. The van der Waals surface area contributed by atoms with E-state index < -0.39 is 0 Å². The quantitative estimate of drug-likeness (QED) is 0.859. The molecule has 100 valence electrons. The fourth-order valence-corrected chi connectivity index (χ4v) is 2.75. The molecule has 0 spiro atoms. The van der Waals surface area contributed by atoms with E-state index in [0.717, 1.165) is 6.54 Å². The van der Waals surface area contributed by atoms with Crippen molar-refractivity contribution in [1.82, 2.24) is 10.2 Å². The standard InChI is InChI=1S/C16H26N2/c1-3-18-11-7-10-16(13-18)17-12-14(2)15-8-5-4-6-9-15/h4-6,8-9,14,16-17H,3,7,10-13H2,1-2H3. The van der Waals surface area contributed by atoms with Crippen molar-refractivity contribution in [3.05, 3.63) is 35.9 Å². The minimum Gasteiger partial charge on any atom is -0.312 e. The van der Waals surface area contributed by atoms with Gasteiger partial charge in [0.05, 0.1) is 0 Å². The van der Waals surface area contributed by atoms with Gasteiger partial charge in [0.25, 0.3) is 0 Å². The molecule has 1 aromatic rings. The molecule has 2 atom stereocenters. The van der Waals surface area contributed by atoms with Crippen molar-refractivity contribution in [2.75, 3.05) is 26.2 Å². The zero-order valence-corrected chi connectivity index (χ0v) is 11.7. The highest BCUT2D eigenvalue weighted by molar-refractivity contribution is 5.19. The number of rotatable bonds is 5. The van der Waals surface area contributed by atoms with E-state index >= 15 is 0 Å². The molecule has 18 heavy (non-hydrogen) atoms. The Morgan fingerprint density at radius 3 is 2.83 bits per heavy atom. The van der Waals surface area contributed by atoms with Crippen LogP contribution >= 0.6 is 0 Å². The second kappa shape index (κ2) is 6.91. The maximum Gasteiger partial charge on any atom is 0.0195 e. The Labute approximate surface area is 111 Å². The van der Waals surface area contributed by atoms with Gasteiger partial charge in [0.2, 0.25) is 0 Å². The van der Waals surface area contributed by atoms with Crippen molar-refractivity contribution < 1.29 is 0 Å². The lowest BCUT2D eigenvalue weighted by atomic mass is 10.00. The summed E-state index contributed by atoms with van der Waals surface area (Å²) in [6.45, 7) is 9.34. The number of likely N-dealkylation sites (N-methyl/N-ethyl adjacent to an activating group) is 1. The first-order chi connectivity index (χ1) is 8.79. The number of likely N-dealkylation sites (tertiary alicyclic amines) is 1. The number of nitrogens with zero attached hydrogens (tertiary/aromatic N) is 1. The fraction of sp³-hybridized carbons (Fsp3) is 0.625. The molecule has 0 amide bonds. The smallest absolute Gasteiger partial charge is 0.0195 e. The van der Waals surface area contributed by atoms with E-state index in [1.54, 1.807) is 0 Å². The van der Waals surface area contributed by atoms with Crippen molar-refractivity contribution in [2.45, 2.75) is 38.6 Å². The van der Waals surface area contributed by atoms with Crippen LogP contribution in [0, 0.1) is 0 Å². The van der Waals surface area contributed by atoms with Gasteiger partial charge < -0.3 is 10.2 Å². The molecular formula is C16H26N2. The second-order valence-corrected chi connectivity index (χ2v) is 5.45. The summed E-state index contributed by atoms with van der Waals surface area (Å²) in [6, 6.07) is 11.5. The summed E-state index contributed by atoms with van der Waals surface area (Å²) in [5, 5.41) is 3.74. The van der Waals surface area contributed by atoms with E-state index in [2.05, 4.69) is 54.4 Å². The molecule has 1 saturated heterocycles. The van der Waals surface area contributed by atoms with Crippen molar-refractivity contribution >= 4 is 0 Å². The van der Waals surface area contributed by atoms with Crippen LogP contribution in [0.2, 0.25) is 0 Å². The summed E-state index contributed by atoms with van der Waals surface area (Å²) in [6.07, 6.45) is 2.67. The van der Waals surface area contributed by atoms with Crippen LogP contribution in [-0.4, -0.2) is 37.1 Å². The monoisotopic (exact) mass is 246 g/mol. The van der Waals surface area contributed by atoms with E-state index in [1.807, 2.05) is 0 Å². The topological polar surface area (TPSA) is 15.3 Å². The second-order valence-electron chi connectivity index (χ2n) is 5.45. The van der Waals surface area contributed by atoms with Crippen molar-refractivity contribution in [1.29, 1.82) is 0 Å². The molecule has 2 rings (SSSR count). The van der Waals surface area contributed by atoms with Gasteiger partial charge in [0.1, 0.15) is 0 Å². The lowest BCUT2D eigenvalue weighted by Gasteiger charge is -2.33. The van der Waals surface area contributed by atoms with E-state index in [9.17, 15) is 0 Å². The van der Waals surface area contributed by atoms with Crippen LogP contribution in [-0.2, 0) is 0 Å². The third kappa shape index (κ3) is 3.82. The molecule has 2 heteroatoms. The van der Waals surface area contributed by atoms with Crippen molar-refractivity contribution in [3.8, 4) is 0 Å². The first-order valence-electron chi connectivity index (χ1n) is 7.30. The predicted molar refractivity (Wildman–Crippen MR) is 78.0 cm³/mol. The van der Waals surface area contributed by atoms with E-state index in [1.165, 1.54) is 38.0 Å². The Morgan fingerprint density at radius 2 is 2.11 bits per heavy atom. The van der Waals surface area contributed by atoms with Crippen LogP contribution < -0.4 is 5.32 Å². The van der Waals surface area contributed by atoms with Crippen LogP contribution in [0.3, 0.4) is 0 Å². The fourth-order valence-electron chi connectivity index (χ4n) is 2.75. The van der Waals surface area contributed by atoms with Crippen molar-refractivity contribution in [2.24, 2.45) is 0 Å². The number of nitrogens with one attached hydrogen (secondary N) is 1. The van der Waals surface area contributed by atoms with Gasteiger partial charge in [-0.1, -0.05) is 44.2 Å². The molecule has 0 bridgehead atoms. The van der Waals surface area contributed by atoms with E-state index in [4.69, 9.17) is 0 Å². The van der Waals surface area contributed by atoms with Crippen LogP contribution in [0.1, 0.15) is 38.2 Å². The maximum absolute atomic E-state index is 3.74. The summed E-state index contributed by atoms with van der Waals surface area (Å²) in [5.74, 6) is 0.600. The zero-order chi connectivity index (χ0) is 12.8. The average molecular weight is 246 g/mol. The SMILES string of the molecule is CCN1CCCC(NCC(C)c2ccccc2)C1. The Bertz CT molecular complexity index is 336. The maximum atomic E-state index is 3.74. The zero-order valence-electron chi connectivity index (χ0n) is 11.7. The molecule has 0 saturated carbocycles. The third-order valence-electron chi connectivity index (χ3n) is 4.03. The highest BCUT2D eigenvalue weighted by Gasteiger charge is 2.18. The summed E-state index contributed by atoms with van der Waals surface area (Å²) < 4.78 is 0. The minimum atomic E-state index is 0.600. The van der Waals surface area contributed by atoms with Gasteiger partial charge in [-0.05, 0) is 37.4 Å². The molecule has 1 fully saturated rings. The largest absolute Gasteiger partial charge is 0.312 e. The van der Waals surface area contributed by atoms with Gasteiger partial charge in [-0.15, -0.1) is 0 Å². The van der Waals surface area contributed by atoms with Crippen LogP contribution in [0.5, 0.6) is 0 Å². The highest BCUT2D eigenvalue weighted by Crippen LogP contribution is 2.15. The Morgan fingerprint density at radius 1 is 1.33 bits per heavy atom. The minimum absolute atomic E-state index is 0.600. The molecule has 1 aromatic carbocycles. The van der Waals surface area contributed by atoms with Gasteiger partial charge in [-0.3, -0.25) is 0 Å².